The van der Waals surface area contributed by atoms with E-state index in [2.05, 4.69) is 65.8 Å². The van der Waals surface area contributed by atoms with Crippen molar-refractivity contribution in [2.75, 3.05) is 40.0 Å². The van der Waals surface area contributed by atoms with E-state index >= 15 is 0 Å². The third-order valence-electron chi connectivity index (χ3n) is 4.27. The number of nitrogens with zero attached hydrogens (tertiary/aromatic N) is 2. The monoisotopic (exact) mass is 331 g/mol. The van der Waals surface area contributed by atoms with Crippen LogP contribution in [0.1, 0.15) is 37.7 Å². The van der Waals surface area contributed by atoms with Gasteiger partial charge in [-0.2, -0.15) is 0 Å². The van der Waals surface area contributed by atoms with E-state index in [1.807, 2.05) is 0 Å². The van der Waals surface area contributed by atoms with Gasteiger partial charge in [-0.25, -0.2) is 0 Å². The van der Waals surface area contributed by atoms with Crippen molar-refractivity contribution in [1.82, 2.24) is 15.1 Å². The molecular weight excluding hydrogens is 298 g/mol. The van der Waals surface area contributed by atoms with E-state index in [1.165, 1.54) is 31.2 Å². The first-order valence-corrected chi connectivity index (χ1v) is 9.27. The molecule has 0 spiro atoms. The number of aryl methyl sites for hydroxylation is 1. The van der Waals surface area contributed by atoms with Crippen molar-refractivity contribution in [2.24, 2.45) is 0 Å². The minimum Gasteiger partial charge on any atom is -0.494 e. The topological polar surface area (TPSA) is 27.7 Å². The van der Waals surface area contributed by atoms with Crippen LogP contribution in [0.2, 0.25) is 0 Å². The highest BCUT2D eigenvalue weighted by Crippen LogP contribution is 2.12. The third-order valence-corrected chi connectivity index (χ3v) is 4.27. The lowest BCUT2D eigenvalue weighted by Gasteiger charge is -2.17. The van der Waals surface area contributed by atoms with E-state index in [0.29, 0.717) is 0 Å². The second-order valence-corrected chi connectivity index (χ2v) is 6.69. The van der Waals surface area contributed by atoms with Crippen LogP contribution in [-0.4, -0.2) is 49.8 Å². The van der Waals surface area contributed by atoms with Crippen LogP contribution in [0, 0.1) is 6.92 Å². The maximum Gasteiger partial charge on any atom is 0.119 e. The van der Waals surface area contributed by atoms with Crippen LogP contribution < -0.4 is 10.1 Å². The Morgan fingerprint density at radius 3 is 2.46 bits per heavy atom. The van der Waals surface area contributed by atoms with Crippen LogP contribution in [-0.2, 0) is 0 Å². The summed E-state index contributed by atoms with van der Waals surface area (Å²) in [4.78, 5) is 4.56. The number of hydrogen-bond acceptors (Lipinski definition) is 4. The Balaban J connectivity index is 1.33. The molecule has 1 aromatic carbocycles. The van der Waals surface area contributed by atoms with Crippen molar-refractivity contribution in [2.45, 2.75) is 39.0 Å². The van der Waals surface area contributed by atoms with Gasteiger partial charge in [-0.3, -0.25) is 0 Å². The normalized spacial score (nSPS) is 13.8. The SMILES string of the molecule is Cc1ccc(OCCCCCCNCCCN2C=CN(C)C2)cc1. The molecule has 0 atom stereocenters. The summed E-state index contributed by atoms with van der Waals surface area (Å²) in [7, 11) is 2.11. The number of rotatable bonds is 12. The molecule has 1 N–H and O–H groups in total. The lowest BCUT2D eigenvalue weighted by Crippen LogP contribution is -2.26. The number of benzene rings is 1. The average molecular weight is 332 g/mol. The van der Waals surface area contributed by atoms with E-state index in [4.69, 9.17) is 4.74 Å². The molecule has 134 valence electrons. The number of nitrogens with one attached hydrogen (secondary N) is 1. The van der Waals surface area contributed by atoms with Crippen LogP contribution in [0.5, 0.6) is 5.75 Å². The molecular formula is C20H33N3O. The zero-order chi connectivity index (χ0) is 17.0. The van der Waals surface area contributed by atoms with Crippen molar-refractivity contribution >= 4 is 0 Å². The molecule has 0 bridgehead atoms. The molecule has 0 amide bonds. The second-order valence-electron chi connectivity index (χ2n) is 6.69. The Bertz CT molecular complexity index is 472. The average Bonchev–Trinajstić information content (AvgIpc) is 2.99. The first-order valence-electron chi connectivity index (χ1n) is 9.27. The Morgan fingerprint density at radius 2 is 1.71 bits per heavy atom. The first kappa shape index (κ1) is 18.7. The summed E-state index contributed by atoms with van der Waals surface area (Å²) in [5.41, 5.74) is 1.28. The zero-order valence-electron chi connectivity index (χ0n) is 15.3. The van der Waals surface area contributed by atoms with Gasteiger partial charge in [0.1, 0.15) is 5.75 Å². The van der Waals surface area contributed by atoms with Gasteiger partial charge in [-0.05, 0) is 51.4 Å². The van der Waals surface area contributed by atoms with Crippen LogP contribution in [0.4, 0.5) is 0 Å². The largest absolute Gasteiger partial charge is 0.494 e. The molecule has 4 heteroatoms. The summed E-state index contributed by atoms with van der Waals surface area (Å²) < 4.78 is 5.75. The van der Waals surface area contributed by atoms with E-state index in [-0.39, 0.29) is 0 Å². The molecule has 2 rings (SSSR count). The zero-order valence-corrected chi connectivity index (χ0v) is 15.3. The molecule has 1 heterocycles. The smallest absolute Gasteiger partial charge is 0.119 e. The summed E-state index contributed by atoms with van der Waals surface area (Å²) in [6.45, 7) is 7.35. The predicted molar refractivity (Wildman–Crippen MR) is 101 cm³/mol. The van der Waals surface area contributed by atoms with Crippen LogP contribution >= 0.6 is 0 Å². The number of unbranched alkanes of at least 4 members (excludes halogenated alkanes) is 3. The van der Waals surface area contributed by atoms with Gasteiger partial charge in [0.15, 0.2) is 0 Å². The fraction of sp³-hybridized carbons (Fsp3) is 0.600. The maximum absolute atomic E-state index is 5.75. The maximum atomic E-state index is 5.75. The van der Waals surface area contributed by atoms with Crippen molar-refractivity contribution < 1.29 is 4.74 Å². The van der Waals surface area contributed by atoms with E-state index < -0.39 is 0 Å². The summed E-state index contributed by atoms with van der Waals surface area (Å²) in [5.74, 6) is 0.987. The van der Waals surface area contributed by atoms with Crippen LogP contribution in [0.25, 0.3) is 0 Å². The third kappa shape index (κ3) is 7.73. The molecule has 0 aliphatic carbocycles. The molecule has 4 nitrogen and oxygen atoms in total. The Kier molecular flexibility index (Phi) is 8.53. The molecule has 0 radical (unpaired) electrons. The van der Waals surface area contributed by atoms with Gasteiger partial charge < -0.3 is 19.9 Å². The van der Waals surface area contributed by atoms with Crippen molar-refractivity contribution in [1.29, 1.82) is 0 Å². The summed E-state index contributed by atoms with van der Waals surface area (Å²) in [6.07, 6.45) is 10.5. The van der Waals surface area contributed by atoms with Gasteiger partial charge in [0, 0.05) is 26.0 Å². The van der Waals surface area contributed by atoms with Gasteiger partial charge in [0.05, 0.1) is 13.3 Å². The number of ether oxygens (including phenoxy) is 1. The fourth-order valence-corrected chi connectivity index (χ4v) is 2.80. The minimum atomic E-state index is 0.828. The lowest BCUT2D eigenvalue weighted by atomic mass is 10.2. The highest BCUT2D eigenvalue weighted by molar-refractivity contribution is 5.26. The van der Waals surface area contributed by atoms with Crippen molar-refractivity contribution in [3.05, 3.63) is 42.2 Å². The molecule has 1 aromatic rings. The van der Waals surface area contributed by atoms with Gasteiger partial charge in [-0.15, -0.1) is 0 Å². The van der Waals surface area contributed by atoms with Crippen molar-refractivity contribution in [3.8, 4) is 5.75 Å². The van der Waals surface area contributed by atoms with Crippen molar-refractivity contribution in [3.63, 3.8) is 0 Å². The molecule has 0 unspecified atom stereocenters. The minimum absolute atomic E-state index is 0.828. The van der Waals surface area contributed by atoms with Gasteiger partial charge in [0.2, 0.25) is 0 Å². The standard InChI is InChI=1S/C20H33N3O/c1-19-8-10-20(11-9-19)24-17-6-4-3-5-12-21-13-7-14-23-16-15-22(2)18-23/h8-11,15-16,21H,3-7,12-14,17-18H2,1-2H3. The lowest BCUT2D eigenvalue weighted by molar-refractivity contribution is 0.292. The van der Waals surface area contributed by atoms with Gasteiger partial charge >= 0.3 is 0 Å². The molecule has 1 aliphatic heterocycles. The van der Waals surface area contributed by atoms with Gasteiger partial charge in [-0.1, -0.05) is 30.5 Å². The second kappa shape index (κ2) is 11.0. The molecule has 1 aliphatic rings. The summed E-state index contributed by atoms with van der Waals surface area (Å²) in [6, 6.07) is 8.29. The summed E-state index contributed by atoms with van der Waals surface area (Å²) in [5, 5.41) is 3.55. The number of hydrogen-bond donors (Lipinski definition) is 1. The highest BCUT2D eigenvalue weighted by Gasteiger charge is 2.06. The summed E-state index contributed by atoms with van der Waals surface area (Å²) >= 11 is 0. The Hall–Kier alpha value is -1.68. The quantitative estimate of drug-likeness (QED) is 0.592. The highest BCUT2D eigenvalue weighted by atomic mass is 16.5. The predicted octanol–water partition coefficient (Wildman–Crippen LogP) is 3.59. The van der Waals surface area contributed by atoms with E-state index in [9.17, 15) is 0 Å². The Labute approximate surface area is 147 Å². The molecule has 0 saturated carbocycles. The molecule has 24 heavy (non-hydrogen) atoms. The van der Waals surface area contributed by atoms with Crippen LogP contribution in [0.3, 0.4) is 0 Å². The molecule has 0 saturated heterocycles. The first-order chi connectivity index (χ1) is 11.7. The fourth-order valence-electron chi connectivity index (χ4n) is 2.80. The van der Waals surface area contributed by atoms with E-state index in [1.54, 1.807) is 0 Å². The van der Waals surface area contributed by atoms with Gasteiger partial charge in [0.25, 0.3) is 0 Å². The molecule has 0 fully saturated rings. The van der Waals surface area contributed by atoms with Crippen LogP contribution in [0.15, 0.2) is 36.7 Å². The van der Waals surface area contributed by atoms with E-state index in [0.717, 1.165) is 45.1 Å². The molecule has 0 aromatic heterocycles. The Morgan fingerprint density at radius 1 is 0.958 bits per heavy atom.